The Balaban J connectivity index is 2.10. The van der Waals surface area contributed by atoms with Gasteiger partial charge in [0.15, 0.2) is 17.4 Å². The minimum atomic E-state index is -0.979. The molecule has 1 unspecified atom stereocenters. The fourth-order valence-electron chi connectivity index (χ4n) is 2.65. The van der Waals surface area contributed by atoms with Gasteiger partial charge < -0.3 is 9.84 Å². The van der Waals surface area contributed by atoms with Crippen LogP contribution in [-0.4, -0.2) is 17.2 Å². The highest BCUT2D eigenvalue weighted by Crippen LogP contribution is 2.43. The van der Waals surface area contributed by atoms with Gasteiger partial charge in [-0.25, -0.2) is 13.8 Å². The summed E-state index contributed by atoms with van der Waals surface area (Å²) in [4.78, 5) is 5.51. The molecule has 0 amide bonds. The molecule has 112 valence electrons. The van der Waals surface area contributed by atoms with Gasteiger partial charge in [0.25, 0.3) is 0 Å². The van der Waals surface area contributed by atoms with Crippen LogP contribution in [0.2, 0.25) is 0 Å². The maximum Gasteiger partial charge on any atom is 0.187 e. The topological polar surface area (TPSA) is 42.4 Å². The molecular weight excluding hydrogens is 296 g/mol. The predicted octanol–water partition coefficient (Wildman–Crippen LogP) is 3.99. The molecule has 6 heteroatoms. The third kappa shape index (κ3) is 2.32. The monoisotopic (exact) mass is 311 g/mol. The zero-order valence-electron chi connectivity index (χ0n) is 11.7. The van der Waals surface area contributed by atoms with Crippen LogP contribution >= 0.6 is 11.3 Å². The van der Waals surface area contributed by atoms with Crippen molar-refractivity contribution in [2.45, 2.75) is 31.8 Å². The van der Waals surface area contributed by atoms with E-state index in [9.17, 15) is 13.9 Å². The van der Waals surface area contributed by atoms with Crippen LogP contribution in [0.1, 0.15) is 30.3 Å². The van der Waals surface area contributed by atoms with E-state index < -0.39 is 23.0 Å². The summed E-state index contributed by atoms with van der Waals surface area (Å²) >= 11 is 1.39. The molecule has 0 bridgehead atoms. The molecule has 0 saturated carbocycles. The number of phenolic OH excluding ortho intramolecular Hbond substituents is 1. The van der Waals surface area contributed by atoms with Crippen molar-refractivity contribution in [3.05, 3.63) is 34.3 Å². The van der Waals surface area contributed by atoms with Gasteiger partial charge in [-0.3, -0.25) is 0 Å². The molecule has 1 aliphatic carbocycles. The average Bonchev–Trinajstić information content (AvgIpc) is 2.90. The quantitative estimate of drug-likeness (QED) is 0.912. The normalized spacial score (nSPS) is 21.3. The highest BCUT2D eigenvalue weighted by Gasteiger charge is 2.35. The molecule has 21 heavy (non-hydrogen) atoms. The van der Waals surface area contributed by atoms with E-state index in [0.717, 1.165) is 42.0 Å². The minimum Gasteiger partial charge on any atom is -0.503 e. The molecule has 1 aromatic heterocycles. The van der Waals surface area contributed by atoms with Crippen molar-refractivity contribution in [3.63, 3.8) is 0 Å². The van der Waals surface area contributed by atoms with Crippen molar-refractivity contribution in [1.82, 2.24) is 4.98 Å². The van der Waals surface area contributed by atoms with Crippen LogP contribution in [0, 0.1) is 11.6 Å². The van der Waals surface area contributed by atoms with E-state index >= 15 is 0 Å². The first-order valence-electron chi connectivity index (χ1n) is 6.68. The molecule has 1 atom stereocenters. The Hall–Kier alpha value is -1.53. The van der Waals surface area contributed by atoms with Gasteiger partial charge in [-0.05, 0) is 38.3 Å². The zero-order valence-corrected chi connectivity index (χ0v) is 12.6. The number of halogens is 2. The number of rotatable bonds is 2. The molecule has 0 aliphatic heterocycles. The van der Waals surface area contributed by atoms with Crippen LogP contribution < -0.4 is 0 Å². The fourth-order valence-corrected chi connectivity index (χ4v) is 3.90. The summed E-state index contributed by atoms with van der Waals surface area (Å²) < 4.78 is 32.6. The van der Waals surface area contributed by atoms with E-state index in [4.69, 9.17) is 4.74 Å². The van der Waals surface area contributed by atoms with Crippen LogP contribution in [0.25, 0.3) is 10.6 Å². The van der Waals surface area contributed by atoms with E-state index in [2.05, 4.69) is 4.98 Å². The second-order valence-electron chi connectivity index (χ2n) is 5.37. The Morgan fingerprint density at radius 1 is 1.33 bits per heavy atom. The Kier molecular flexibility index (Phi) is 3.45. The lowest BCUT2D eigenvalue weighted by molar-refractivity contribution is -0.00953. The molecule has 0 fully saturated rings. The molecule has 0 spiro atoms. The Bertz CT molecular complexity index is 678. The number of aromatic hydroxyl groups is 1. The molecule has 1 aliphatic rings. The molecule has 2 aromatic rings. The van der Waals surface area contributed by atoms with Crippen molar-refractivity contribution in [1.29, 1.82) is 0 Å². The number of fused-ring (bicyclic) bond motifs is 1. The van der Waals surface area contributed by atoms with E-state index in [0.29, 0.717) is 10.6 Å². The summed E-state index contributed by atoms with van der Waals surface area (Å²) in [5.41, 5.74) is 0.873. The largest absolute Gasteiger partial charge is 0.503 e. The lowest BCUT2D eigenvalue weighted by Crippen LogP contribution is -2.27. The van der Waals surface area contributed by atoms with Gasteiger partial charge >= 0.3 is 0 Å². The number of benzene rings is 1. The summed E-state index contributed by atoms with van der Waals surface area (Å²) in [6.07, 6.45) is 2.71. The molecule has 0 saturated heterocycles. The lowest BCUT2D eigenvalue weighted by atomic mass is 9.89. The third-order valence-electron chi connectivity index (χ3n) is 3.96. The van der Waals surface area contributed by atoms with Crippen LogP contribution in [0.4, 0.5) is 8.78 Å². The van der Waals surface area contributed by atoms with E-state index in [-0.39, 0.29) is 0 Å². The highest BCUT2D eigenvalue weighted by atomic mass is 32.1. The van der Waals surface area contributed by atoms with Crippen LogP contribution in [0.5, 0.6) is 5.75 Å². The molecule has 1 heterocycles. The Labute approximate surface area is 125 Å². The molecule has 1 N–H and O–H groups in total. The maximum atomic E-state index is 13.5. The summed E-state index contributed by atoms with van der Waals surface area (Å²) in [7, 11) is 1.66. The number of ether oxygens (including phenoxy) is 1. The first-order chi connectivity index (χ1) is 9.94. The van der Waals surface area contributed by atoms with Crippen molar-refractivity contribution in [2.24, 2.45) is 0 Å². The number of hydrogen-bond donors (Lipinski definition) is 1. The first-order valence-corrected chi connectivity index (χ1v) is 7.50. The van der Waals surface area contributed by atoms with Crippen molar-refractivity contribution in [3.8, 4) is 16.3 Å². The number of nitrogens with zero attached hydrogens (tertiary/aromatic N) is 1. The number of phenols is 1. The predicted molar refractivity (Wildman–Crippen MR) is 76.4 cm³/mol. The van der Waals surface area contributed by atoms with Gasteiger partial charge in [0.05, 0.1) is 10.6 Å². The van der Waals surface area contributed by atoms with Crippen LogP contribution in [0.15, 0.2) is 12.1 Å². The molecule has 3 nitrogen and oxygen atoms in total. The lowest BCUT2D eigenvalue weighted by Gasteiger charge is -2.31. The van der Waals surface area contributed by atoms with Gasteiger partial charge in [-0.1, -0.05) is 0 Å². The van der Waals surface area contributed by atoms with Crippen molar-refractivity contribution >= 4 is 11.3 Å². The first kappa shape index (κ1) is 14.4. The molecule has 1 aromatic carbocycles. The SMILES string of the molecule is COC1(C)CCCc2nc(-c3cc(F)c(O)c(F)c3)sc21. The van der Waals surface area contributed by atoms with Gasteiger partial charge in [0.1, 0.15) is 10.6 Å². The molecular formula is C15H15F2NO2S. The zero-order chi connectivity index (χ0) is 15.2. The Morgan fingerprint density at radius 2 is 2.00 bits per heavy atom. The fraction of sp³-hybridized carbons (Fsp3) is 0.400. The number of hydrogen-bond acceptors (Lipinski definition) is 4. The molecule has 0 radical (unpaired) electrons. The summed E-state index contributed by atoms with van der Waals surface area (Å²) in [6.45, 7) is 2.00. The average molecular weight is 311 g/mol. The van der Waals surface area contributed by atoms with Gasteiger partial charge in [0, 0.05) is 12.7 Å². The number of aromatic nitrogens is 1. The van der Waals surface area contributed by atoms with E-state index in [1.165, 1.54) is 11.3 Å². The summed E-state index contributed by atoms with van der Waals surface area (Å²) in [6, 6.07) is 2.21. The summed E-state index contributed by atoms with van der Waals surface area (Å²) in [5.74, 6) is -2.91. The van der Waals surface area contributed by atoms with Gasteiger partial charge in [-0.15, -0.1) is 11.3 Å². The van der Waals surface area contributed by atoms with E-state index in [1.54, 1.807) is 7.11 Å². The number of thiazole rings is 1. The second kappa shape index (κ2) is 5.03. The van der Waals surface area contributed by atoms with Crippen LogP contribution in [-0.2, 0) is 16.8 Å². The van der Waals surface area contributed by atoms with Crippen LogP contribution in [0.3, 0.4) is 0 Å². The summed E-state index contributed by atoms with van der Waals surface area (Å²) in [5, 5.41) is 9.72. The standard InChI is InChI=1S/C15H15F2NO2S/c1-15(20-2)5-3-4-11-13(15)21-14(18-11)8-6-9(16)12(19)10(17)7-8/h6-7,19H,3-5H2,1-2H3. The third-order valence-corrected chi connectivity index (χ3v) is 5.35. The minimum absolute atomic E-state index is 0.334. The number of methoxy groups -OCH3 is 1. The maximum absolute atomic E-state index is 13.5. The van der Waals surface area contributed by atoms with E-state index in [1.807, 2.05) is 6.92 Å². The van der Waals surface area contributed by atoms with Crippen molar-refractivity contribution in [2.75, 3.05) is 7.11 Å². The number of aryl methyl sites for hydroxylation is 1. The van der Waals surface area contributed by atoms with Crippen molar-refractivity contribution < 1.29 is 18.6 Å². The van der Waals surface area contributed by atoms with Gasteiger partial charge in [0.2, 0.25) is 0 Å². The van der Waals surface area contributed by atoms with Gasteiger partial charge in [-0.2, -0.15) is 0 Å². The smallest absolute Gasteiger partial charge is 0.187 e. The Morgan fingerprint density at radius 3 is 2.62 bits per heavy atom. The highest BCUT2D eigenvalue weighted by molar-refractivity contribution is 7.15. The second-order valence-corrected chi connectivity index (χ2v) is 6.37. The molecule has 3 rings (SSSR count).